The van der Waals surface area contributed by atoms with Gasteiger partial charge in [-0.3, -0.25) is 0 Å². The van der Waals surface area contributed by atoms with Crippen LogP contribution < -0.4 is 29.6 Å². The van der Waals surface area contributed by atoms with Crippen LogP contribution in [0.4, 0.5) is 22.0 Å². The van der Waals surface area contributed by atoms with Gasteiger partial charge in [0.05, 0.1) is 0 Å². The Morgan fingerprint density at radius 1 is 1.25 bits per heavy atom. The SMILES string of the molecule is CCCC(F)C(F)(F)C(F)(F)S(=O)(=O)[O-].[Na+]. The summed E-state index contributed by atoms with van der Waals surface area (Å²) in [6, 6.07) is 0. The summed E-state index contributed by atoms with van der Waals surface area (Å²) in [4.78, 5) is 0. The minimum atomic E-state index is -6.60. The van der Waals surface area contributed by atoms with Crippen LogP contribution in [-0.4, -0.2) is 30.3 Å². The Morgan fingerprint density at radius 2 is 1.62 bits per heavy atom. The van der Waals surface area contributed by atoms with Crippen molar-refractivity contribution in [3.63, 3.8) is 0 Å². The Bertz CT molecular complexity index is 318. The first-order valence-electron chi connectivity index (χ1n) is 3.83. The Hall–Kier alpha value is 0.560. The summed E-state index contributed by atoms with van der Waals surface area (Å²) < 4.78 is 92.1. The smallest absolute Gasteiger partial charge is 0.743 e. The van der Waals surface area contributed by atoms with E-state index in [9.17, 15) is 34.9 Å². The number of hydrogen-bond donors (Lipinski definition) is 0. The first-order chi connectivity index (χ1) is 6.48. The fourth-order valence-corrected chi connectivity index (χ4v) is 1.24. The maximum atomic E-state index is 12.6. The van der Waals surface area contributed by atoms with Crippen molar-refractivity contribution in [2.24, 2.45) is 0 Å². The molecule has 0 aliphatic carbocycles. The maximum absolute atomic E-state index is 12.6. The van der Waals surface area contributed by atoms with Gasteiger partial charge in [0, 0.05) is 0 Å². The third kappa shape index (κ3) is 3.52. The molecule has 0 aliphatic rings. The second-order valence-electron chi connectivity index (χ2n) is 2.85. The van der Waals surface area contributed by atoms with Gasteiger partial charge in [0.25, 0.3) is 0 Å². The minimum absolute atomic E-state index is 0. The molecule has 0 rings (SSSR count). The van der Waals surface area contributed by atoms with E-state index < -0.39 is 33.9 Å². The Morgan fingerprint density at radius 3 is 1.88 bits per heavy atom. The van der Waals surface area contributed by atoms with Crippen molar-refractivity contribution in [1.29, 1.82) is 0 Å². The van der Waals surface area contributed by atoms with Crippen molar-refractivity contribution < 1.29 is 64.5 Å². The molecule has 92 valence electrons. The molecule has 0 bridgehead atoms. The molecule has 0 aromatic carbocycles. The molecule has 1 atom stereocenters. The molecule has 0 amide bonds. The summed E-state index contributed by atoms with van der Waals surface area (Å²) >= 11 is 0. The van der Waals surface area contributed by atoms with Gasteiger partial charge in [-0.05, 0) is 6.42 Å². The van der Waals surface area contributed by atoms with Crippen molar-refractivity contribution in [2.45, 2.75) is 37.1 Å². The zero-order valence-electron chi connectivity index (χ0n) is 8.51. The second-order valence-corrected chi connectivity index (χ2v) is 4.27. The Labute approximate surface area is 111 Å². The van der Waals surface area contributed by atoms with E-state index in [2.05, 4.69) is 0 Å². The van der Waals surface area contributed by atoms with Crippen LogP contribution in [0.25, 0.3) is 0 Å². The van der Waals surface area contributed by atoms with Crippen LogP contribution in [0.1, 0.15) is 19.8 Å². The molecule has 1 unspecified atom stereocenters. The van der Waals surface area contributed by atoms with Crippen molar-refractivity contribution in [2.75, 3.05) is 0 Å². The normalized spacial score (nSPS) is 15.4. The summed E-state index contributed by atoms with van der Waals surface area (Å²) in [5.41, 5.74) is 0. The number of halogens is 5. The number of rotatable bonds is 5. The molecule has 10 heteroatoms. The maximum Gasteiger partial charge on any atom is 1.00 e. The van der Waals surface area contributed by atoms with E-state index in [0.29, 0.717) is 0 Å². The van der Waals surface area contributed by atoms with Crippen LogP contribution in [0.5, 0.6) is 0 Å². The van der Waals surface area contributed by atoms with Gasteiger partial charge in [0.1, 0.15) is 0 Å². The van der Waals surface area contributed by atoms with Crippen molar-refractivity contribution >= 4 is 10.1 Å². The zero-order valence-corrected chi connectivity index (χ0v) is 11.3. The van der Waals surface area contributed by atoms with Crippen LogP contribution >= 0.6 is 0 Å². The van der Waals surface area contributed by atoms with Crippen LogP contribution in [0.15, 0.2) is 0 Å². The average Bonchev–Trinajstić information content (AvgIpc) is 2.02. The molecule has 0 saturated heterocycles. The molecular weight excluding hydrogens is 270 g/mol. The molecule has 0 aliphatic heterocycles. The van der Waals surface area contributed by atoms with E-state index >= 15 is 0 Å². The van der Waals surface area contributed by atoms with E-state index in [1.807, 2.05) is 0 Å². The predicted molar refractivity (Wildman–Crippen MR) is 39.4 cm³/mol. The average molecular weight is 278 g/mol. The van der Waals surface area contributed by atoms with Crippen molar-refractivity contribution in [3.05, 3.63) is 0 Å². The van der Waals surface area contributed by atoms with Gasteiger partial charge in [0.2, 0.25) is 0 Å². The van der Waals surface area contributed by atoms with Gasteiger partial charge in [0.15, 0.2) is 16.3 Å². The van der Waals surface area contributed by atoms with Crippen LogP contribution in [0.2, 0.25) is 0 Å². The van der Waals surface area contributed by atoms with Crippen LogP contribution in [0, 0.1) is 0 Å². The van der Waals surface area contributed by atoms with E-state index in [1.54, 1.807) is 0 Å². The Balaban J connectivity index is 0. The summed E-state index contributed by atoms with van der Waals surface area (Å²) in [6.45, 7) is 1.24. The predicted octanol–water partition coefficient (Wildman–Crippen LogP) is -1.10. The minimum Gasteiger partial charge on any atom is -0.743 e. The quantitative estimate of drug-likeness (QED) is 0.364. The summed E-state index contributed by atoms with van der Waals surface area (Å²) in [5.74, 6) is -5.51. The summed E-state index contributed by atoms with van der Waals surface area (Å²) in [5, 5.41) is -5.94. The summed E-state index contributed by atoms with van der Waals surface area (Å²) in [7, 11) is -6.60. The molecule has 0 aromatic rings. The van der Waals surface area contributed by atoms with E-state index in [-0.39, 0.29) is 36.0 Å². The van der Waals surface area contributed by atoms with Gasteiger partial charge < -0.3 is 4.55 Å². The second kappa shape index (κ2) is 5.94. The molecule has 0 aromatic heterocycles. The largest absolute Gasteiger partial charge is 1.00 e. The van der Waals surface area contributed by atoms with Gasteiger partial charge in [-0.25, -0.2) is 12.8 Å². The molecule has 0 heterocycles. The fraction of sp³-hybridized carbons (Fsp3) is 1.00. The Kier molecular flexibility index (Phi) is 7.02. The van der Waals surface area contributed by atoms with Crippen molar-refractivity contribution in [1.82, 2.24) is 0 Å². The summed E-state index contributed by atoms with van der Waals surface area (Å²) in [6.07, 6.45) is -4.52. The molecule has 0 fully saturated rings. The molecule has 0 spiro atoms. The van der Waals surface area contributed by atoms with E-state index in [0.717, 1.165) is 0 Å². The molecule has 0 saturated carbocycles. The third-order valence-electron chi connectivity index (χ3n) is 1.64. The van der Waals surface area contributed by atoms with Gasteiger partial charge in [-0.1, -0.05) is 13.3 Å². The van der Waals surface area contributed by atoms with Gasteiger partial charge >= 0.3 is 40.7 Å². The monoisotopic (exact) mass is 278 g/mol. The first-order valence-corrected chi connectivity index (χ1v) is 5.24. The molecule has 0 N–H and O–H groups in total. The number of hydrogen-bond acceptors (Lipinski definition) is 3. The molecule has 0 radical (unpaired) electrons. The first kappa shape index (κ1) is 18.9. The number of alkyl halides is 5. The molecular formula is C6H8F5NaO3S. The molecule has 16 heavy (non-hydrogen) atoms. The third-order valence-corrected chi connectivity index (χ3v) is 2.54. The van der Waals surface area contributed by atoms with E-state index in [4.69, 9.17) is 0 Å². The van der Waals surface area contributed by atoms with E-state index in [1.165, 1.54) is 6.92 Å². The van der Waals surface area contributed by atoms with Gasteiger partial charge in [-0.15, -0.1) is 0 Å². The van der Waals surface area contributed by atoms with Crippen LogP contribution in [0.3, 0.4) is 0 Å². The topological polar surface area (TPSA) is 57.2 Å². The van der Waals surface area contributed by atoms with Crippen LogP contribution in [-0.2, 0) is 10.1 Å². The zero-order chi connectivity index (χ0) is 12.5. The van der Waals surface area contributed by atoms with Gasteiger partial charge in [-0.2, -0.15) is 17.6 Å². The standard InChI is InChI=1S/C6H9F5O3S.Na/c1-2-3-4(7)5(8,9)6(10,11)15(12,13)14;/h4H,2-3H2,1H3,(H,12,13,14);/q;+1/p-1. The fourth-order valence-electron chi connectivity index (χ4n) is 0.784. The van der Waals surface area contributed by atoms with Crippen molar-refractivity contribution in [3.8, 4) is 0 Å². The molecule has 3 nitrogen and oxygen atoms in total.